The third-order valence-corrected chi connectivity index (χ3v) is 13.6. The van der Waals surface area contributed by atoms with Crippen molar-refractivity contribution in [1.82, 2.24) is 0 Å². The Hall–Kier alpha value is -1.34. The molecule has 4 heterocycles. The molecular formula is C51H100O14. The fraction of sp³-hybridized carbons (Fsp3) is 0.882. The van der Waals surface area contributed by atoms with Crippen LogP contribution >= 0.6 is 0 Å². The summed E-state index contributed by atoms with van der Waals surface area (Å²) in [7, 11) is 6.23. The average Bonchev–Trinajstić information content (AvgIpc) is 3.30. The van der Waals surface area contributed by atoms with Crippen molar-refractivity contribution >= 4 is 0 Å². The van der Waals surface area contributed by atoms with Crippen molar-refractivity contribution in [2.45, 2.75) is 205 Å². The standard InChI is InChI=1S/C11H22O2.C10H20O3.C9H18O4.C9H12.C8H16O5.2C2H6/c1-6-10-8(3)7(2)9(4)11(12-5)13-10;1-6-7(2)9(5-11)13-10(12-4)8(6)3;1-4-6-5(2)7(10)8(11)9(12-3)13-6;1-7-4-8(2)6-9(3)5-7;1-4-5(3-9)13-8(12-2)7(11)6(4)10;2*1-2/h7-11H,6H2,1-5H3;6-11H,5H2,1-4H3;5-11H,4H2,1-3H3;4-6H,1-3H3;4-11H,3H2,1-2H3;2*1-2H3. The molecule has 4 fully saturated rings. The topological polar surface area (TPSA) is 195 Å². The zero-order valence-electron chi connectivity index (χ0n) is 44.6. The molecule has 4 aliphatic heterocycles. The molecule has 0 aliphatic carbocycles. The van der Waals surface area contributed by atoms with E-state index < -0.39 is 43.1 Å². The molecule has 0 bridgehead atoms. The molecule has 4 saturated heterocycles. The Kier molecular flexibility index (Phi) is 35.3. The second-order valence-electron chi connectivity index (χ2n) is 17.8. The fourth-order valence-corrected chi connectivity index (χ4v) is 8.60. The lowest BCUT2D eigenvalue weighted by Crippen LogP contribution is -2.55. The van der Waals surface area contributed by atoms with Gasteiger partial charge in [0.2, 0.25) is 0 Å². The Morgan fingerprint density at radius 2 is 0.631 bits per heavy atom. The second-order valence-corrected chi connectivity index (χ2v) is 17.8. The van der Waals surface area contributed by atoms with Crippen LogP contribution in [0.25, 0.3) is 0 Å². The molecule has 1 aromatic carbocycles. The number of aliphatic hydroxyl groups excluding tert-OH is 6. The molecule has 0 amide bonds. The predicted molar refractivity (Wildman–Crippen MR) is 258 cm³/mol. The molecule has 0 radical (unpaired) electrons. The summed E-state index contributed by atoms with van der Waals surface area (Å²) in [5, 5.41) is 56.1. The molecule has 65 heavy (non-hydrogen) atoms. The molecule has 1 aromatic rings. The van der Waals surface area contributed by atoms with Crippen LogP contribution in [-0.4, -0.2) is 146 Å². The lowest BCUT2D eigenvalue weighted by molar-refractivity contribution is -0.280. The molecule has 20 unspecified atom stereocenters. The Bertz CT molecular complexity index is 1030. The number of ether oxygens (including phenoxy) is 8. The molecule has 388 valence electrons. The first-order valence-corrected chi connectivity index (χ1v) is 24.4. The van der Waals surface area contributed by atoms with Crippen molar-refractivity contribution < 1.29 is 68.5 Å². The van der Waals surface area contributed by atoms with Crippen LogP contribution in [0.15, 0.2) is 18.2 Å². The van der Waals surface area contributed by atoms with Gasteiger partial charge in [-0.1, -0.05) is 132 Å². The highest BCUT2D eigenvalue weighted by Gasteiger charge is 2.43. The summed E-state index contributed by atoms with van der Waals surface area (Å²) in [6.45, 7) is 35.2. The summed E-state index contributed by atoms with van der Waals surface area (Å²) in [6, 6.07) is 6.56. The van der Waals surface area contributed by atoms with E-state index in [1.807, 2.05) is 41.5 Å². The van der Waals surface area contributed by atoms with Gasteiger partial charge in [-0.3, -0.25) is 0 Å². The number of rotatable bonds is 8. The van der Waals surface area contributed by atoms with Gasteiger partial charge in [0.1, 0.15) is 12.2 Å². The van der Waals surface area contributed by atoms with E-state index in [1.165, 1.54) is 30.9 Å². The van der Waals surface area contributed by atoms with Crippen LogP contribution in [0.2, 0.25) is 0 Å². The van der Waals surface area contributed by atoms with Crippen LogP contribution in [0, 0.1) is 68.1 Å². The summed E-state index contributed by atoms with van der Waals surface area (Å²) < 4.78 is 42.4. The first-order valence-electron chi connectivity index (χ1n) is 24.4. The van der Waals surface area contributed by atoms with Gasteiger partial charge in [-0.2, -0.15) is 0 Å². The molecule has 5 rings (SSSR count). The minimum absolute atomic E-state index is 0.00356. The number of aliphatic hydroxyl groups is 6. The van der Waals surface area contributed by atoms with Crippen LogP contribution in [0.3, 0.4) is 0 Å². The number of methoxy groups -OCH3 is 4. The largest absolute Gasteiger partial charge is 0.394 e. The first kappa shape index (κ1) is 65.7. The molecule has 6 N–H and O–H groups in total. The number of hydrogen-bond acceptors (Lipinski definition) is 14. The van der Waals surface area contributed by atoms with E-state index in [2.05, 4.69) is 87.4 Å². The lowest BCUT2D eigenvalue weighted by Gasteiger charge is -2.42. The van der Waals surface area contributed by atoms with Crippen molar-refractivity contribution in [1.29, 1.82) is 0 Å². The molecular weight excluding hydrogens is 837 g/mol. The number of hydrogen-bond donors (Lipinski definition) is 6. The quantitative estimate of drug-likeness (QED) is 0.151. The van der Waals surface area contributed by atoms with E-state index in [1.54, 1.807) is 21.1 Å². The van der Waals surface area contributed by atoms with Gasteiger partial charge in [0.15, 0.2) is 25.2 Å². The second kappa shape index (κ2) is 34.9. The van der Waals surface area contributed by atoms with Gasteiger partial charge in [0.25, 0.3) is 0 Å². The minimum Gasteiger partial charge on any atom is -0.394 e. The highest BCUT2D eigenvalue weighted by atomic mass is 16.7. The van der Waals surface area contributed by atoms with E-state index >= 15 is 0 Å². The monoisotopic (exact) mass is 937 g/mol. The van der Waals surface area contributed by atoms with Crippen LogP contribution in [0.5, 0.6) is 0 Å². The zero-order chi connectivity index (χ0) is 50.9. The van der Waals surface area contributed by atoms with Gasteiger partial charge in [-0.15, -0.1) is 0 Å². The van der Waals surface area contributed by atoms with Gasteiger partial charge >= 0.3 is 0 Å². The van der Waals surface area contributed by atoms with E-state index in [0.717, 1.165) is 12.8 Å². The van der Waals surface area contributed by atoms with E-state index in [4.69, 9.17) is 48.1 Å². The minimum atomic E-state index is -1.05. The smallest absolute Gasteiger partial charge is 0.186 e. The predicted octanol–water partition coefficient (Wildman–Crippen LogP) is 7.43. The lowest BCUT2D eigenvalue weighted by atomic mass is 9.78. The van der Waals surface area contributed by atoms with Gasteiger partial charge in [-0.05, 0) is 57.3 Å². The van der Waals surface area contributed by atoms with Crippen molar-refractivity contribution in [3.05, 3.63) is 34.9 Å². The summed E-state index contributed by atoms with van der Waals surface area (Å²) >= 11 is 0. The zero-order valence-corrected chi connectivity index (χ0v) is 44.6. The van der Waals surface area contributed by atoms with Crippen molar-refractivity contribution in [2.24, 2.45) is 47.3 Å². The maximum atomic E-state index is 9.64. The Morgan fingerprint density at radius 1 is 0.385 bits per heavy atom. The Morgan fingerprint density at radius 3 is 0.938 bits per heavy atom. The summed E-state index contributed by atoms with van der Waals surface area (Å²) in [6.07, 6.45) is -3.73. The van der Waals surface area contributed by atoms with Gasteiger partial charge in [-0.25, -0.2) is 0 Å². The SMILES string of the molecule is CC.CC.CCC1OC(OC)C(C)C(C)C1C.CCC1OC(OC)C(O)C(O)C1C.COC1OC(CO)C(C)C(C)C1C.COC1OC(CO)C(C)C(O)C1O.Cc1cc(C)cc(C)c1. The Balaban J connectivity index is 0. The maximum Gasteiger partial charge on any atom is 0.186 e. The van der Waals surface area contributed by atoms with Crippen LogP contribution in [-0.2, 0) is 37.9 Å². The summed E-state index contributed by atoms with van der Waals surface area (Å²) in [5.74, 6) is 2.79. The number of benzene rings is 1. The van der Waals surface area contributed by atoms with E-state index in [0.29, 0.717) is 41.6 Å². The average molecular weight is 937 g/mol. The van der Waals surface area contributed by atoms with Gasteiger partial charge < -0.3 is 68.5 Å². The summed E-state index contributed by atoms with van der Waals surface area (Å²) in [5.41, 5.74) is 4.06. The van der Waals surface area contributed by atoms with Gasteiger partial charge in [0, 0.05) is 52.1 Å². The number of aryl methyl sites for hydroxylation is 3. The summed E-state index contributed by atoms with van der Waals surface area (Å²) in [4.78, 5) is 0. The third-order valence-electron chi connectivity index (χ3n) is 13.6. The third kappa shape index (κ3) is 20.3. The maximum absolute atomic E-state index is 9.64. The highest BCUT2D eigenvalue weighted by Crippen LogP contribution is 2.37. The van der Waals surface area contributed by atoms with Crippen molar-refractivity contribution in [3.8, 4) is 0 Å². The fourth-order valence-electron chi connectivity index (χ4n) is 8.60. The van der Waals surface area contributed by atoms with E-state index in [9.17, 15) is 20.4 Å². The first-order chi connectivity index (χ1) is 30.6. The molecule has 0 spiro atoms. The van der Waals surface area contributed by atoms with Gasteiger partial charge in [0.05, 0.1) is 49.8 Å². The van der Waals surface area contributed by atoms with Crippen molar-refractivity contribution in [3.63, 3.8) is 0 Å². The molecule has 0 aromatic heterocycles. The molecule has 14 heteroatoms. The van der Waals surface area contributed by atoms with Crippen LogP contribution in [0.1, 0.15) is 126 Å². The normalized spacial score (nSPS) is 38.6. The highest BCUT2D eigenvalue weighted by molar-refractivity contribution is 5.27. The molecule has 14 nitrogen and oxygen atoms in total. The van der Waals surface area contributed by atoms with E-state index in [-0.39, 0.29) is 49.8 Å². The Labute approximate surface area is 396 Å². The van der Waals surface area contributed by atoms with Crippen LogP contribution in [0.4, 0.5) is 0 Å². The molecule has 4 aliphatic rings. The van der Waals surface area contributed by atoms with Crippen LogP contribution < -0.4 is 0 Å². The molecule has 0 saturated carbocycles. The molecule has 20 atom stereocenters. The van der Waals surface area contributed by atoms with Crippen molar-refractivity contribution in [2.75, 3.05) is 41.7 Å².